The third kappa shape index (κ3) is 5.44. The van der Waals surface area contributed by atoms with Gasteiger partial charge in [-0.25, -0.2) is 0 Å². The Morgan fingerprint density at radius 1 is 1.14 bits per heavy atom. The van der Waals surface area contributed by atoms with Crippen LogP contribution in [0.3, 0.4) is 0 Å². The van der Waals surface area contributed by atoms with E-state index in [1.54, 1.807) is 0 Å². The van der Waals surface area contributed by atoms with Crippen molar-refractivity contribution in [3.8, 4) is 0 Å². The van der Waals surface area contributed by atoms with Crippen molar-refractivity contribution in [3.05, 3.63) is 34.9 Å². The first-order valence-corrected chi connectivity index (χ1v) is 8.66. The lowest BCUT2D eigenvalue weighted by Crippen LogP contribution is -2.31. The highest BCUT2D eigenvalue weighted by Gasteiger charge is 2.24. The summed E-state index contributed by atoms with van der Waals surface area (Å²) in [4.78, 5) is 2.63. The van der Waals surface area contributed by atoms with Crippen LogP contribution in [-0.4, -0.2) is 31.1 Å². The molecule has 1 aliphatic rings. The van der Waals surface area contributed by atoms with Crippen LogP contribution in [0, 0.1) is 19.8 Å². The summed E-state index contributed by atoms with van der Waals surface area (Å²) in [6, 6.07) is 7.44. The summed E-state index contributed by atoms with van der Waals surface area (Å²) in [6.07, 6.45) is 4.10. The molecule has 1 atom stereocenters. The first-order valence-electron chi connectivity index (χ1n) is 8.66. The number of benzene rings is 1. The Morgan fingerprint density at radius 3 is 2.33 bits per heavy atom. The molecule has 0 heterocycles. The molecule has 1 aliphatic carbocycles. The fourth-order valence-corrected chi connectivity index (χ4v) is 3.20. The molecule has 21 heavy (non-hydrogen) atoms. The highest BCUT2D eigenvalue weighted by molar-refractivity contribution is 5.30. The average Bonchev–Trinajstić information content (AvgIpc) is 3.24. The van der Waals surface area contributed by atoms with E-state index in [0.717, 1.165) is 12.5 Å². The monoisotopic (exact) mass is 288 g/mol. The Hall–Kier alpha value is -0.860. The largest absolute Gasteiger partial charge is 0.310 e. The summed E-state index contributed by atoms with van der Waals surface area (Å²) >= 11 is 0. The Balaban J connectivity index is 1.96. The Kier molecular flexibility index (Phi) is 6.25. The smallest absolute Gasteiger partial charge is 0.0332 e. The molecule has 1 aromatic rings. The zero-order chi connectivity index (χ0) is 15.2. The van der Waals surface area contributed by atoms with E-state index >= 15 is 0 Å². The van der Waals surface area contributed by atoms with Crippen molar-refractivity contribution < 1.29 is 0 Å². The van der Waals surface area contributed by atoms with Crippen LogP contribution in [0.2, 0.25) is 0 Å². The molecule has 1 fully saturated rings. The van der Waals surface area contributed by atoms with Gasteiger partial charge in [0.2, 0.25) is 0 Å². The van der Waals surface area contributed by atoms with Crippen molar-refractivity contribution >= 4 is 0 Å². The van der Waals surface area contributed by atoms with Gasteiger partial charge in [0.1, 0.15) is 0 Å². The van der Waals surface area contributed by atoms with Crippen LogP contribution >= 0.6 is 0 Å². The molecule has 2 nitrogen and oxygen atoms in total. The molecule has 0 spiro atoms. The van der Waals surface area contributed by atoms with E-state index in [1.165, 1.54) is 55.6 Å². The highest BCUT2D eigenvalue weighted by atomic mass is 15.1. The zero-order valence-electron chi connectivity index (χ0n) is 14.3. The minimum Gasteiger partial charge on any atom is -0.310 e. The number of hydrogen-bond acceptors (Lipinski definition) is 2. The van der Waals surface area contributed by atoms with Gasteiger partial charge in [-0.15, -0.1) is 0 Å². The predicted molar refractivity (Wildman–Crippen MR) is 91.8 cm³/mol. The lowest BCUT2D eigenvalue weighted by Gasteiger charge is -2.25. The lowest BCUT2D eigenvalue weighted by molar-refractivity contribution is 0.259. The first-order chi connectivity index (χ1) is 10.1. The Morgan fingerprint density at radius 2 is 1.81 bits per heavy atom. The summed E-state index contributed by atoms with van der Waals surface area (Å²) in [6.45, 7) is 13.6. The van der Waals surface area contributed by atoms with E-state index in [2.05, 4.69) is 56.1 Å². The van der Waals surface area contributed by atoms with Crippen LogP contribution in [0.1, 0.15) is 55.8 Å². The van der Waals surface area contributed by atoms with E-state index in [9.17, 15) is 0 Å². The zero-order valence-corrected chi connectivity index (χ0v) is 14.3. The van der Waals surface area contributed by atoms with Crippen LogP contribution in [0.15, 0.2) is 18.2 Å². The van der Waals surface area contributed by atoms with Crippen LogP contribution in [0.25, 0.3) is 0 Å². The summed E-state index contributed by atoms with van der Waals surface area (Å²) in [7, 11) is 0. The molecule has 1 unspecified atom stereocenters. The normalized spacial score (nSPS) is 16.4. The van der Waals surface area contributed by atoms with Gasteiger partial charge in [0.05, 0.1) is 0 Å². The molecule has 2 rings (SSSR count). The van der Waals surface area contributed by atoms with E-state index in [4.69, 9.17) is 0 Å². The molecule has 118 valence electrons. The van der Waals surface area contributed by atoms with Crippen molar-refractivity contribution in [1.29, 1.82) is 0 Å². The molecule has 0 aliphatic heterocycles. The average molecular weight is 288 g/mol. The second-order valence-electron chi connectivity index (χ2n) is 6.66. The molecule has 0 aromatic heterocycles. The molecule has 1 N–H and O–H groups in total. The minimum absolute atomic E-state index is 0.488. The van der Waals surface area contributed by atoms with Gasteiger partial charge in [-0.1, -0.05) is 43.2 Å². The predicted octanol–water partition coefficient (Wildman–Crippen LogP) is 4.08. The lowest BCUT2D eigenvalue weighted by atomic mass is 9.98. The van der Waals surface area contributed by atoms with Crippen LogP contribution in [0.5, 0.6) is 0 Å². The van der Waals surface area contributed by atoms with Crippen molar-refractivity contribution in [2.75, 3.05) is 26.2 Å². The van der Waals surface area contributed by atoms with Crippen LogP contribution in [0.4, 0.5) is 0 Å². The quantitative estimate of drug-likeness (QED) is 0.736. The maximum atomic E-state index is 3.68. The van der Waals surface area contributed by atoms with Gasteiger partial charge in [-0.3, -0.25) is 0 Å². The maximum Gasteiger partial charge on any atom is 0.0332 e. The summed E-state index contributed by atoms with van der Waals surface area (Å²) in [5.41, 5.74) is 4.20. The van der Waals surface area contributed by atoms with Crippen LogP contribution < -0.4 is 5.32 Å². The minimum atomic E-state index is 0.488. The number of nitrogens with one attached hydrogen (secondary N) is 1. The van der Waals surface area contributed by atoms with E-state index < -0.39 is 0 Å². The summed E-state index contributed by atoms with van der Waals surface area (Å²) in [5, 5.41) is 3.68. The first kappa shape index (κ1) is 16.5. The van der Waals surface area contributed by atoms with Gasteiger partial charge < -0.3 is 10.2 Å². The second kappa shape index (κ2) is 7.95. The molecular formula is C19H32N2. The molecule has 0 radical (unpaired) electrons. The number of nitrogens with zero attached hydrogens (tertiary/aromatic N) is 1. The standard InChI is InChI=1S/C19H32N2/c1-5-20-19(18-12-15(3)11-16(4)13-18)9-10-21(6-2)14-17-7-8-17/h11-13,17,19-20H,5-10,14H2,1-4H3. The number of aryl methyl sites for hydroxylation is 2. The topological polar surface area (TPSA) is 15.3 Å². The SMILES string of the molecule is CCNC(CCN(CC)CC1CC1)c1cc(C)cc(C)c1. The van der Waals surface area contributed by atoms with E-state index in [1.807, 2.05) is 0 Å². The van der Waals surface area contributed by atoms with Gasteiger partial charge in [0, 0.05) is 12.6 Å². The fraction of sp³-hybridized carbons (Fsp3) is 0.684. The van der Waals surface area contributed by atoms with Gasteiger partial charge in [0.25, 0.3) is 0 Å². The maximum absolute atomic E-state index is 3.68. The van der Waals surface area contributed by atoms with Crippen LogP contribution in [-0.2, 0) is 0 Å². The van der Waals surface area contributed by atoms with E-state index in [-0.39, 0.29) is 0 Å². The molecule has 0 bridgehead atoms. The summed E-state index contributed by atoms with van der Waals surface area (Å²) < 4.78 is 0. The molecule has 2 heteroatoms. The van der Waals surface area contributed by atoms with Crippen molar-refractivity contribution in [3.63, 3.8) is 0 Å². The third-order valence-corrected chi connectivity index (χ3v) is 4.49. The third-order valence-electron chi connectivity index (χ3n) is 4.49. The van der Waals surface area contributed by atoms with E-state index in [0.29, 0.717) is 6.04 Å². The van der Waals surface area contributed by atoms with Gasteiger partial charge in [-0.05, 0) is 64.2 Å². The fourth-order valence-electron chi connectivity index (χ4n) is 3.20. The van der Waals surface area contributed by atoms with Gasteiger partial charge in [-0.2, -0.15) is 0 Å². The van der Waals surface area contributed by atoms with Crippen molar-refractivity contribution in [2.24, 2.45) is 5.92 Å². The highest BCUT2D eigenvalue weighted by Crippen LogP contribution is 2.30. The Labute approximate surface area is 130 Å². The molecule has 1 aromatic carbocycles. The second-order valence-corrected chi connectivity index (χ2v) is 6.66. The molecule has 0 amide bonds. The number of rotatable bonds is 9. The molecule has 0 saturated heterocycles. The van der Waals surface area contributed by atoms with Gasteiger partial charge in [0.15, 0.2) is 0 Å². The van der Waals surface area contributed by atoms with Crippen molar-refractivity contribution in [1.82, 2.24) is 10.2 Å². The molecule has 1 saturated carbocycles. The Bertz CT molecular complexity index is 417. The number of hydrogen-bond donors (Lipinski definition) is 1. The van der Waals surface area contributed by atoms with Gasteiger partial charge >= 0.3 is 0 Å². The summed E-state index contributed by atoms with van der Waals surface area (Å²) in [5.74, 6) is 0.990. The molecular weight excluding hydrogens is 256 g/mol. The van der Waals surface area contributed by atoms with Crippen molar-refractivity contribution in [2.45, 2.75) is 53.0 Å².